The van der Waals surface area contributed by atoms with Crippen LogP contribution in [0.5, 0.6) is 0 Å². The Morgan fingerprint density at radius 1 is 0.290 bits per heavy atom. The van der Waals surface area contributed by atoms with Crippen LogP contribution in [0.25, 0.3) is 131 Å². The second-order valence-electron chi connectivity index (χ2n) is 16.4. The molecule has 286 valence electrons. The van der Waals surface area contributed by atoms with E-state index in [4.69, 9.17) is 9.97 Å². The Balaban J connectivity index is 1.21. The van der Waals surface area contributed by atoms with E-state index in [1.165, 1.54) is 59.2 Å². The molecule has 0 aliphatic heterocycles. The van der Waals surface area contributed by atoms with Gasteiger partial charge in [0.15, 0.2) is 5.82 Å². The molecule has 0 bridgehead atoms. The highest BCUT2D eigenvalue weighted by atomic mass is 15.1. The van der Waals surface area contributed by atoms with Crippen molar-refractivity contribution in [3.63, 3.8) is 0 Å². The molecule has 0 radical (unpaired) electrons. The minimum Gasteiger partial charge on any atom is -0.309 e. The number of benzene rings is 11. The van der Waals surface area contributed by atoms with Gasteiger partial charge < -0.3 is 4.57 Å². The molecule has 0 aliphatic carbocycles. The summed E-state index contributed by atoms with van der Waals surface area (Å²) in [6, 6.07) is 74.7. The van der Waals surface area contributed by atoms with Gasteiger partial charge in [-0.05, 0) is 85.6 Å². The van der Waals surface area contributed by atoms with E-state index in [-0.39, 0.29) is 0 Å². The van der Waals surface area contributed by atoms with Gasteiger partial charge in [-0.25, -0.2) is 9.97 Å². The maximum absolute atomic E-state index is 5.81. The van der Waals surface area contributed by atoms with Gasteiger partial charge in [0.05, 0.1) is 33.1 Å². The first-order valence-corrected chi connectivity index (χ1v) is 21.3. The monoisotopic (exact) mass is 786 g/mol. The minimum absolute atomic E-state index is 0.802. The summed E-state index contributed by atoms with van der Waals surface area (Å²) in [6.07, 6.45) is 0. The predicted molar refractivity (Wildman–Crippen MR) is 261 cm³/mol. The topological polar surface area (TPSA) is 35.6 Å². The Hall–Kier alpha value is -8.34. The standard InChI is InChI=1S/C58H34N4/c1-2-17-37(18-3-1)61-48-27-13-12-25-45(48)52-46(26-14-28-49(52)61)57-58(59-47-32-29-36-16-5-7-20-39(36)56(47)60-57)62-50-33-30-35-15-4-6-19-38(35)54(50)55-51(62)34-31-44-42-23-9-8-21-40(42)41-22-10-11-24-43(41)53(44)55/h1-34H. The molecule has 0 unspecified atom stereocenters. The van der Waals surface area contributed by atoms with Crippen molar-refractivity contribution in [2.75, 3.05) is 0 Å². The third-order valence-electron chi connectivity index (χ3n) is 13.2. The summed E-state index contributed by atoms with van der Waals surface area (Å²) in [6.45, 7) is 0. The number of rotatable bonds is 3. The maximum atomic E-state index is 5.81. The molecule has 3 heterocycles. The average molecular weight is 787 g/mol. The van der Waals surface area contributed by atoms with Crippen molar-refractivity contribution in [1.29, 1.82) is 0 Å². The normalized spacial score (nSPS) is 12.2. The third-order valence-corrected chi connectivity index (χ3v) is 13.2. The van der Waals surface area contributed by atoms with Gasteiger partial charge in [0.2, 0.25) is 0 Å². The number of hydrogen-bond donors (Lipinski definition) is 0. The molecule has 4 heteroatoms. The third kappa shape index (κ3) is 4.50. The second kappa shape index (κ2) is 12.6. The first-order chi connectivity index (χ1) is 30.8. The van der Waals surface area contributed by atoms with Crippen molar-refractivity contribution in [2.24, 2.45) is 0 Å². The lowest BCUT2D eigenvalue weighted by molar-refractivity contribution is 1.08. The quantitative estimate of drug-likeness (QED) is 0.167. The maximum Gasteiger partial charge on any atom is 0.165 e. The highest BCUT2D eigenvalue weighted by molar-refractivity contribution is 6.38. The van der Waals surface area contributed by atoms with Crippen molar-refractivity contribution < 1.29 is 0 Å². The summed E-state index contributed by atoms with van der Waals surface area (Å²) < 4.78 is 4.79. The van der Waals surface area contributed by atoms with Crippen molar-refractivity contribution in [1.82, 2.24) is 19.1 Å². The van der Waals surface area contributed by atoms with Crippen molar-refractivity contribution in [2.45, 2.75) is 0 Å². The van der Waals surface area contributed by atoms with Crippen LogP contribution in [0.4, 0.5) is 0 Å². The van der Waals surface area contributed by atoms with E-state index in [0.717, 1.165) is 72.0 Å². The molecule has 3 aromatic heterocycles. The first-order valence-electron chi connectivity index (χ1n) is 21.3. The zero-order valence-corrected chi connectivity index (χ0v) is 33.4. The van der Waals surface area contributed by atoms with Crippen LogP contribution in [0.15, 0.2) is 206 Å². The lowest BCUT2D eigenvalue weighted by Crippen LogP contribution is -2.04. The van der Waals surface area contributed by atoms with Gasteiger partial charge in [0, 0.05) is 43.6 Å². The molecule has 0 fully saturated rings. The molecule has 0 saturated heterocycles. The van der Waals surface area contributed by atoms with Crippen molar-refractivity contribution in [3.8, 4) is 22.8 Å². The zero-order chi connectivity index (χ0) is 40.5. The van der Waals surface area contributed by atoms with E-state index in [2.05, 4.69) is 215 Å². The Labute approximate surface area is 355 Å². The Kier molecular flexibility index (Phi) is 6.80. The molecular formula is C58H34N4. The lowest BCUT2D eigenvalue weighted by Gasteiger charge is -2.16. The summed E-state index contributed by atoms with van der Waals surface area (Å²) in [5, 5.41) is 16.9. The number of aromatic nitrogens is 4. The van der Waals surface area contributed by atoms with E-state index >= 15 is 0 Å². The van der Waals surface area contributed by atoms with Gasteiger partial charge in [-0.2, -0.15) is 0 Å². The van der Waals surface area contributed by atoms with E-state index in [1.54, 1.807) is 0 Å². The molecule has 0 atom stereocenters. The Morgan fingerprint density at radius 3 is 1.63 bits per heavy atom. The Morgan fingerprint density at radius 2 is 0.839 bits per heavy atom. The van der Waals surface area contributed by atoms with E-state index in [9.17, 15) is 0 Å². The minimum atomic E-state index is 0.802. The predicted octanol–water partition coefficient (Wildman–Crippen LogP) is 15.3. The summed E-state index contributed by atoms with van der Waals surface area (Å²) in [5.41, 5.74) is 9.21. The summed E-state index contributed by atoms with van der Waals surface area (Å²) in [4.78, 5) is 11.6. The number of nitrogens with zero attached hydrogens (tertiary/aromatic N) is 4. The summed E-state index contributed by atoms with van der Waals surface area (Å²) >= 11 is 0. The van der Waals surface area contributed by atoms with Gasteiger partial charge in [-0.3, -0.25) is 4.57 Å². The number of para-hydroxylation sites is 2. The fourth-order valence-electron chi connectivity index (χ4n) is 10.7. The van der Waals surface area contributed by atoms with Crippen LogP contribution < -0.4 is 0 Å². The van der Waals surface area contributed by atoms with Crippen LogP contribution in [0.1, 0.15) is 0 Å². The smallest absolute Gasteiger partial charge is 0.165 e. The van der Waals surface area contributed by atoms with Crippen LogP contribution in [0, 0.1) is 0 Å². The molecule has 4 nitrogen and oxygen atoms in total. The lowest BCUT2D eigenvalue weighted by atomic mass is 9.91. The van der Waals surface area contributed by atoms with Crippen LogP contribution in [-0.2, 0) is 0 Å². The number of hydrogen-bond acceptors (Lipinski definition) is 2. The van der Waals surface area contributed by atoms with Crippen molar-refractivity contribution >= 4 is 109 Å². The average Bonchev–Trinajstić information content (AvgIpc) is 3.87. The Bertz CT molecular complexity index is 4180. The molecule has 14 rings (SSSR count). The van der Waals surface area contributed by atoms with Crippen LogP contribution in [-0.4, -0.2) is 19.1 Å². The van der Waals surface area contributed by atoms with Gasteiger partial charge in [0.1, 0.15) is 5.69 Å². The second-order valence-corrected chi connectivity index (χ2v) is 16.4. The molecule has 11 aromatic carbocycles. The zero-order valence-electron chi connectivity index (χ0n) is 33.4. The number of fused-ring (bicyclic) bond motifs is 18. The summed E-state index contributed by atoms with van der Waals surface area (Å²) in [7, 11) is 0. The highest BCUT2D eigenvalue weighted by Crippen LogP contribution is 2.47. The largest absolute Gasteiger partial charge is 0.309 e. The molecule has 62 heavy (non-hydrogen) atoms. The van der Waals surface area contributed by atoms with E-state index in [1.807, 2.05) is 0 Å². The fourth-order valence-corrected chi connectivity index (χ4v) is 10.7. The molecule has 0 amide bonds. The summed E-state index contributed by atoms with van der Waals surface area (Å²) in [5.74, 6) is 0.802. The molecule has 0 N–H and O–H groups in total. The fraction of sp³-hybridized carbons (Fsp3) is 0. The van der Waals surface area contributed by atoms with Gasteiger partial charge >= 0.3 is 0 Å². The van der Waals surface area contributed by atoms with Crippen LogP contribution in [0.3, 0.4) is 0 Å². The van der Waals surface area contributed by atoms with Gasteiger partial charge in [-0.15, -0.1) is 0 Å². The van der Waals surface area contributed by atoms with Gasteiger partial charge in [-0.1, -0.05) is 164 Å². The molecule has 14 aromatic rings. The first kappa shape index (κ1) is 33.5. The SMILES string of the molecule is c1ccc(-n2c3ccccc3c3c(-c4nc5c(ccc6ccccc65)nc4-n4c5ccc6ccccc6c5c5c6c7ccccc7c7ccccc7c6ccc54)cccc32)cc1. The molecule has 0 spiro atoms. The van der Waals surface area contributed by atoms with E-state index in [0.29, 0.717) is 0 Å². The van der Waals surface area contributed by atoms with Gasteiger partial charge in [0.25, 0.3) is 0 Å². The molecule has 0 aliphatic rings. The molecular weight excluding hydrogens is 753 g/mol. The molecule has 0 saturated carbocycles. The van der Waals surface area contributed by atoms with Crippen molar-refractivity contribution in [3.05, 3.63) is 206 Å². The van der Waals surface area contributed by atoms with Crippen LogP contribution >= 0.6 is 0 Å². The van der Waals surface area contributed by atoms with E-state index < -0.39 is 0 Å². The van der Waals surface area contributed by atoms with Crippen LogP contribution in [0.2, 0.25) is 0 Å². The highest BCUT2D eigenvalue weighted by Gasteiger charge is 2.26.